The van der Waals surface area contributed by atoms with Gasteiger partial charge in [0.15, 0.2) is 0 Å². The van der Waals surface area contributed by atoms with Gasteiger partial charge in [-0.15, -0.1) is 0 Å². The molecule has 5 heteroatoms. The standard InChI is InChI=1S/C18H38O4S/c1-3-5-6-12-15-18(23(20,21)22)16-13-10-8-7-9-11-14-17(19)4-2/h17-19H,3-16H2,1-2H3,(H,20,21,22). The van der Waals surface area contributed by atoms with Crippen molar-refractivity contribution < 1.29 is 18.1 Å². The Bertz CT molecular complexity index is 354. The third kappa shape index (κ3) is 14.0. The first-order valence-electron chi connectivity index (χ1n) is 9.56. The Morgan fingerprint density at radius 3 is 1.61 bits per heavy atom. The lowest BCUT2D eigenvalue weighted by molar-refractivity contribution is 0.156. The third-order valence-electron chi connectivity index (χ3n) is 4.59. The van der Waals surface area contributed by atoms with Crippen LogP contribution >= 0.6 is 0 Å². The molecule has 0 aromatic carbocycles. The summed E-state index contributed by atoms with van der Waals surface area (Å²) < 4.78 is 32.2. The van der Waals surface area contributed by atoms with Crippen molar-refractivity contribution in [2.24, 2.45) is 0 Å². The number of unbranched alkanes of at least 4 members (excludes halogenated alkanes) is 8. The van der Waals surface area contributed by atoms with E-state index in [0.717, 1.165) is 77.0 Å². The average Bonchev–Trinajstić information content (AvgIpc) is 2.50. The molecule has 0 fully saturated rings. The largest absolute Gasteiger partial charge is 0.393 e. The van der Waals surface area contributed by atoms with Gasteiger partial charge in [0.05, 0.1) is 11.4 Å². The van der Waals surface area contributed by atoms with Crippen LogP contribution in [0.3, 0.4) is 0 Å². The van der Waals surface area contributed by atoms with Crippen LogP contribution in [0.2, 0.25) is 0 Å². The molecule has 0 heterocycles. The normalized spacial score (nSPS) is 14.8. The molecule has 0 aliphatic heterocycles. The fourth-order valence-corrected chi connectivity index (χ4v) is 3.83. The van der Waals surface area contributed by atoms with E-state index in [1.54, 1.807) is 0 Å². The molecule has 0 aliphatic carbocycles. The molecule has 2 atom stereocenters. The molecule has 0 saturated heterocycles. The maximum atomic E-state index is 11.4. The quantitative estimate of drug-likeness (QED) is 0.300. The number of hydrogen-bond donors (Lipinski definition) is 2. The summed E-state index contributed by atoms with van der Waals surface area (Å²) in [5.74, 6) is 0. The van der Waals surface area contributed by atoms with Gasteiger partial charge >= 0.3 is 0 Å². The van der Waals surface area contributed by atoms with Crippen molar-refractivity contribution in [1.29, 1.82) is 0 Å². The Balaban J connectivity index is 3.71. The van der Waals surface area contributed by atoms with Crippen LogP contribution in [-0.2, 0) is 10.1 Å². The third-order valence-corrected chi connectivity index (χ3v) is 5.90. The predicted molar refractivity (Wildman–Crippen MR) is 97.3 cm³/mol. The fourth-order valence-electron chi connectivity index (χ4n) is 2.90. The minimum Gasteiger partial charge on any atom is -0.393 e. The average molecular weight is 351 g/mol. The molecule has 0 bridgehead atoms. The first-order chi connectivity index (χ1) is 10.9. The summed E-state index contributed by atoms with van der Waals surface area (Å²) in [6.07, 6.45) is 13.3. The number of aliphatic hydroxyl groups is 1. The highest BCUT2D eigenvalue weighted by atomic mass is 32.2. The summed E-state index contributed by atoms with van der Waals surface area (Å²) in [6, 6.07) is 0. The van der Waals surface area contributed by atoms with E-state index in [0.29, 0.717) is 12.8 Å². The maximum Gasteiger partial charge on any atom is 0.267 e. The van der Waals surface area contributed by atoms with Gasteiger partial charge in [-0.25, -0.2) is 0 Å². The maximum absolute atomic E-state index is 11.4. The van der Waals surface area contributed by atoms with Crippen LogP contribution < -0.4 is 0 Å². The van der Waals surface area contributed by atoms with Crippen molar-refractivity contribution in [2.75, 3.05) is 0 Å². The van der Waals surface area contributed by atoms with Crippen molar-refractivity contribution in [3.05, 3.63) is 0 Å². The molecule has 0 amide bonds. The van der Waals surface area contributed by atoms with E-state index in [2.05, 4.69) is 6.92 Å². The zero-order chi connectivity index (χ0) is 17.6. The monoisotopic (exact) mass is 350 g/mol. The molecule has 2 unspecified atom stereocenters. The van der Waals surface area contributed by atoms with E-state index in [4.69, 9.17) is 0 Å². The number of hydrogen-bond acceptors (Lipinski definition) is 3. The van der Waals surface area contributed by atoms with Crippen molar-refractivity contribution in [3.63, 3.8) is 0 Å². The Kier molecular flexibility index (Phi) is 14.2. The van der Waals surface area contributed by atoms with Gasteiger partial charge in [0.2, 0.25) is 0 Å². The molecule has 0 aromatic heterocycles. The topological polar surface area (TPSA) is 74.6 Å². The van der Waals surface area contributed by atoms with Gasteiger partial charge in [-0.2, -0.15) is 8.42 Å². The fraction of sp³-hybridized carbons (Fsp3) is 1.00. The molecule has 0 saturated carbocycles. The summed E-state index contributed by atoms with van der Waals surface area (Å²) in [6.45, 7) is 4.13. The summed E-state index contributed by atoms with van der Waals surface area (Å²) in [4.78, 5) is 0. The molecule has 4 nitrogen and oxygen atoms in total. The highest BCUT2D eigenvalue weighted by Gasteiger charge is 2.21. The van der Waals surface area contributed by atoms with Crippen molar-refractivity contribution in [3.8, 4) is 0 Å². The molecule has 0 aromatic rings. The van der Waals surface area contributed by atoms with Crippen LogP contribution in [0, 0.1) is 0 Å². The Hall–Kier alpha value is -0.130. The summed E-state index contributed by atoms with van der Waals surface area (Å²) in [7, 11) is -3.89. The zero-order valence-electron chi connectivity index (χ0n) is 15.2. The summed E-state index contributed by atoms with van der Waals surface area (Å²) >= 11 is 0. The molecule has 140 valence electrons. The number of rotatable bonds is 16. The molecule has 0 aliphatic rings. The number of aliphatic hydroxyl groups excluding tert-OH is 1. The SMILES string of the molecule is CCCCCCC(CCCCCCCCC(O)CC)S(=O)(=O)O. The van der Waals surface area contributed by atoms with Gasteiger partial charge in [0.1, 0.15) is 0 Å². The Morgan fingerprint density at radius 2 is 1.17 bits per heavy atom. The minimum absolute atomic E-state index is 0.154. The first kappa shape index (κ1) is 22.9. The predicted octanol–water partition coefficient (Wildman–Crippen LogP) is 5.10. The van der Waals surface area contributed by atoms with E-state index in [1.807, 2.05) is 6.92 Å². The van der Waals surface area contributed by atoms with E-state index in [9.17, 15) is 18.1 Å². The van der Waals surface area contributed by atoms with Crippen molar-refractivity contribution in [2.45, 2.75) is 115 Å². The minimum atomic E-state index is -3.89. The smallest absolute Gasteiger partial charge is 0.267 e. The highest BCUT2D eigenvalue weighted by molar-refractivity contribution is 7.86. The van der Waals surface area contributed by atoms with E-state index < -0.39 is 15.4 Å². The first-order valence-corrected chi connectivity index (χ1v) is 11.1. The van der Waals surface area contributed by atoms with Crippen LogP contribution in [0.15, 0.2) is 0 Å². The lowest BCUT2D eigenvalue weighted by Gasteiger charge is -2.13. The summed E-state index contributed by atoms with van der Waals surface area (Å²) in [5, 5.41) is 8.89. The van der Waals surface area contributed by atoms with Crippen LogP contribution in [0.4, 0.5) is 0 Å². The second-order valence-electron chi connectivity index (χ2n) is 6.75. The molecular formula is C18H38O4S. The second kappa shape index (κ2) is 14.2. The highest BCUT2D eigenvalue weighted by Crippen LogP contribution is 2.19. The molecule has 0 radical (unpaired) electrons. The van der Waals surface area contributed by atoms with Crippen molar-refractivity contribution >= 4 is 10.1 Å². The Labute approximate surface area is 143 Å². The van der Waals surface area contributed by atoms with E-state index in [-0.39, 0.29) is 6.10 Å². The van der Waals surface area contributed by atoms with Crippen LogP contribution in [-0.4, -0.2) is 29.4 Å². The van der Waals surface area contributed by atoms with Crippen LogP contribution in [0.1, 0.15) is 104 Å². The molecule has 0 rings (SSSR count). The molecular weight excluding hydrogens is 312 g/mol. The van der Waals surface area contributed by atoms with Crippen molar-refractivity contribution in [1.82, 2.24) is 0 Å². The van der Waals surface area contributed by atoms with Gasteiger partial charge in [-0.3, -0.25) is 4.55 Å². The van der Waals surface area contributed by atoms with Gasteiger partial charge in [0.25, 0.3) is 10.1 Å². The zero-order valence-corrected chi connectivity index (χ0v) is 16.0. The van der Waals surface area contributed by atoms with Crippen LogP contribution in [0.25, 0.3) is 0 Å². The second-order valence-corrected chi connectivity index (χ2v) is 8.44. The molecule has 0 spiro atoms. The lowest BCUT2D eigenvalue weighted by Crippen LogP contribution is -2.20. The Morgan fingerprint density at radius 1 is 0.739 bits per heavy atom. The van der Waals surface area contributed by atoms with E-state index >= 15 is 0 Å². The van der Waals surface area contributed by atoms with E-state index in [1.165, 1.54) is 0 Å². The van der Waals surface area contributed by atoms with Gasteiger partial charge in [-0.1, -0.05) is 78.1 Å². The van der Waals surface area contributed by atoms with Gasteiger partial charge in [0, 0.05) is 0 Å². The molecule has 23 heavy (non-hydrogen) atoms. The van der Waals surface area contributed by atoms with Gasteiger partial charge < -0.3 is 5.11 Å². The molecule has 2 N–H and O–H groups in total. The summed E-state index contributed by atoms with van der Waals surface area (Å²) in [5.41, 5.74) is 0. The van der Waals surface area contributed by atoms with Crippen LogP contribution in [0.5, 0.6) is 0 Å². The van der Waals surface area contributed by atoms with Gasteiger partial charge in [-0.05, 0) is 25.7 Å². The lowest BCUT2D eigenvalue weighted by atomic mass is 10.0.